The number of benzene rings is 9. The number of rotatable bonds is 4. The van der Waals surface area contributed by atoms with Gasteiger partial charge in [-0.1, -0.05) is 164 Å². The van der Waals surface area contributed by atoms with E-state index in [-0.39, 0.29) is 6.17 Å². The highest BCUT2D eigenvalue weighted by molar-refractivity contribution is 6.25. The minimum atomic E-state index is -0.291. The van der Waals surface area contributed by atoms with Crippen LogP contribution in [0.4, 0.5) is 0 Å². The first-order valence-corrected chi connectivity index (χ1v) is 18.8. The van der Waals surface area contributed by atoms with Crippen molar-refractivity contribution in [1.29, 1.82) is 0 Å². The lowest BCUT2D eigenvalue weighted by Gasteiger charge is -2.24. The molecule has 0 fully saturated rings. The van der Waals surface area contributed by atoms with Gasteiger partial charge in [-0.25, -0.2) is 4.99 Å². The molecule has 11 rings (SSSR count). The van der Waals surface area contributed by atoms with Crippen molar-refractivity contribution in [2.45, 2.75) is 6.17 Å². The van der Waals surface area contributed by atoms with Crippen molar-refractivity contribution < 1.29 is 0 Å². The highest BCUT2D eigenvalue weighted by Crippen LogP contribution is 2.38. The summed E-state index contributed by atoms with van der Waals surface area (Å²) in [5, 5.41) is 13.5. The molecule has 0 radical (unpaired) electrons. The first-order valence-electron chi connectivity index (χ1n) is 18.8. The van der Waals surface area contributed by atoms with E-state index < -0.39 is 0 Å². The van der Waals surface area contributed by atoms with Crippen LogP contribution in [0.25, 0.3) is 76.4 Å². The Morgan fingerprint density at radius 1 is 0.418 bits per heavy atom. The molecule has 0 saturated heterocycles. The van der Waals surface area contributed by atoms with Gasteiger partial charge in [0.15, 0.2) is 5.84 Å². The quantitative estimate of drug-likeness (QED) is 0.195. The van der Waals surface area contributed by atoms with Gasteiger partial charge in [-0.15, -0.1) is 0 Å². The molecule has 4 heteroatoms. The van der Waals surface area contributed by atoms with E-state index in [4.69, 9.17) is 9.98 Å². The van der Waals surface area contributed by atoms with E-state index in [0.717, 1.165) is 28.1 Å². The Hall–Kier alpha value is -7.30. The fourth-order valence-corrected chi connectivity index (χ4v) is 8.34. The molecule has 0 bridgehead atoms. The van der Waals surface area contributed by atoms with Crippen LogP contribution in [0.5, 0.6) is 0 Å². The fraction of sp³-hybridized carbons (Fsp3) is 0.0196. The number of aromatic nitrogens is 1. The summed E-state index contributed by atoms with van der Waals surface area (Å²) in [5.74, 6) is 1.46. The number of aliphatic imine (C=N–C) groups is 2. The third-order valence-corrected chi connectivity index (χ3v) is 11.0. The summed E-state index contributed by atoms with van der Waals surface area (Å²) in [6.45, 7) is 0. The average molecular weight is 703 g/mol. The summed E-state index contributed by atoms with van der Waals surface area (Å²) in [4.78, 5) is 10.3. The molecule has 1 aromatic heterocycles. The zero-order chi connectivity index (χ0) is 36.3. The van der Waals surface area contributed by atoms with Crippen LogP contribution >= 0.6 is 0 Å². The Balaban J connectivity index is 1.07. The minimum absolute atomic E-state index is 0.291. The Bertz CT molecular complexity index is 3170. The van der Waals surface area contributed by atoms with Crippen LogP contribution in [0, 0.1) is 0 Å². The number of para-hydroxylation sites is 1. The molecule has 1 aliphatic heterocycles. The van der Waals surface area contributed by atoms with E-state index in [0.29, 0.717) is 5.84 Å². The monoisotopic (exact) mass is 702 g/mol. The maximum Gasteiger partial charge on any atom is 0.211 e. The Labute approximate surface area is 318 Å². The SMILES string of the molecule is c1ccc(C2=NC(c3ccccc3)NC(n3c4ccccc4c4c5cc(-c6ccc7ccc(-c8cccc9ccccc89)cc7c6)ccc5ccc43)=N2)cc1. The summed E-state index contributed by atoms with van der Waals surface area (Å²) < 4.78 is 2.27. The van der Waals surface area contributed by atoms with E-state index in [9.17, 15) is 0 Å². The van der Waals surface area contributed by atoms with E-state index in [1.54, 1.807) is 0 Å². The number of amidine groups is 1. The molecule has 1 unspecified atom stereocenters. The zero-order valence-corrected chi connectivity index (χ0v) is 29.9. The third kappa shape index (κ3) is 5.30. The summed E-state index contributed by atoms with van der Waals surface area (Å²) >= 11 is 0. The van der Waals surface area contributed by atoms with E-state index in [1.807, 2.05) is 24.3 Å². The lowest BCUT2D eigenvalue weighted by Crippen LogP contribution is -2.37. The van der Waals surface area contributed by atoms with Crippen molar-refractivity contribution in [3.63, 3.8) is 0 Å². The van der Waals surface area contributed by atoms with Crippen molar-refractivity contribution >= 4 is 65.9 Å². The molecular weight excluding hydrogens is 669 g/mol. The highest BCUT2D eigenvalue weighted by atomic mass is 15.3. The topological polar surface area (TPSA) is 41.7 Å². The van der Waals surface area contributed by atoms with Gasteiger partial charge in [0.1, 0.15) is 6.17 Å². The second-order valence-corrected chi connectivity index (χ2v) is 14.3. The summed E-state index contributed by atoms with van der Waals surface area (Å²) in [5.41, 5.74) is 9.11. The fourth-order valence-electron chi connectivity index (χ4n) is 8.34. The molecule has 55 heavy (non-hydrogen) atoms. The summed E-state index contributed by atoms with van der Waals surface area (Å²) in [7, 11) is 0. The van der Waals surface area contributed by atoms with E-state index in [1.165, 1.54) is 65.3 Å². The average Bonchev–Trinajstić information content (AvgIpc) is 3.61. The molecule has 9 aromatic carbocycles. The van der Waals surface area contributed by atoms with Crippen LogP contribution in [0.1, 0.15) is 17.3 Å². The van der Waals surface area contributed by atoms with Gasteiger partial charge in [0.05, 0.1) is 11.0 Å². The highest BCUT2D eigenvalue weighted by Gasteiger charge is 2.24. The van der Waals surface area contributed by atoms with E-state index >= 15 is 0 Å². The Morgan fingerprint density at radius 3 is 1.91 bits per heavy atom. The largest absolute Gasteiger partial charge is 0.330 e. The van der Waals surface area contributed by atoms with Crippen LogP contribution in [0.15, 0.2) is 204 Å². The molecule has 10 aromatic rings. The van der Waals surface area contributed by atoms with Crippen LogP contribution in [0.2, 0.25) is 0 Å². The maximum absolute atomic E-state index is 5.21. The number of hydrogen-bond donors (Lipinski definition) is 1. The maximum atomic E-state index is 5.21. The number of hydrogen-bond acceptors (Lipinski definition) is 3. The van der Waals surface area contributed by atoms with E-state index in [2.05, 4.69) is 180 Å². The Kier molecular flexibility index (Phi) is 7.20. The third-order valence-electron chi connectivity index (χ3n) is 11.0. The van der Waals surface area contributed by atoms with Gasteiger partial charge in [-0.3, -0.25) is 4.57 Å². The van der Waals surface area contributed by atoms with Crippen LogP contribution < -0.4 is 5.32 Å². The molecule has 0 spiro atoms. The first-order chi connectivity index (χ1) is 27.2. The lowest BCUT2D eigenvalue weighted by molar-refractivity contribution is 0.661. The second-order valence-electron chi connectivity index (χ2n) is 14.3. The molecule has 0 saturated carbocycles. The smallest absolute Gasteiger partial charge is 0.211 e. The molecule has 2 heterocycles. The van der Waals surface area contributed by atoms with Gasteiger partial charge in [0.25, 0.3) is 0 Å². The predicted molar refractivity (Wildman–Crippen MR) is 231 cm³/mol. The van der Waals surface area contributed by atoms with Crippen molar-refractivity contribution in [1.82, 2.24) is 9.88 Å². The van der Waals surface area contributed by atoms with Crippen molar-refractivity contribution in [3.05, 3.63) is 205 Å². The molecule has 1 aliphatic rings. The normalized spacial score (nSPS) is 14.4. The standard InChI is InChI=1S/C51H34N4/c1-3-13-36(14-4-1)49-52-50(37-15-5-2-6-16-37)54-51(53-49)55-46-21-10-9-19-44(46)48-45-32-39(26-24-35(45)28-29-47(48)55)38-25-22-33-23-27-40(31-41(33)30-38)43-20-11-17-34-12-7-8-18-42(34)43/h1-32,49H,(H,52,53,54). The number of nitrogens with one attached hydrogen (secondary N) is 1. The first kappa shape index (κ1) is 31.2. The minimum Gasteiger partial charge on any atom is -0.330 e. The van der Waals surface area contributed by atoms with Crippen LogP contribution in [0.3, 0.4) is 0 Å². The second kappa shape index (κ2) is 12.7. The molecule has 0 amide bonds. The van der Waals surface area contributed by atoms with Crippen molar-refractivity contribution in [2.75, 3.05) is 0 Å². The van der Waals surface area contributed by atoms with Gasteiger partial charge in [-0.2, -0.15) is 4.99 Å². The molecule has 1 N–H and O–H groups in total. The predicted octanol–water partition coefficient (Wildman–Crippen LogP) is 12.5. The van der Waals surface area contributed by atoms with Crippen LogP contribution in [-0.4, -0.2) is 16.4 Å². The van der Waals surface area contributed by atoms with Gasteiger partial charge >= 0.3 is 0 Å². The molecular formula is C51H34N4. The van der Waals surface area contributed by atoms with Gasteiger partial charge in [0.2, 0.25) is 5.96 Å². The van der Waals surface area contributed by atoms with Crippen molar-refractivity contribution in [3.8, 4) is 22.3 Å². The molecule has 0 aliphatic carbocycles. The summed E-state index contributed by atoms with van der Waals surface area (Å²) in [6.07, 6.45) is -0.291. The lowest BCUT2D eigenvalue weighted by atomic mass is 9.94. The summed E-state index contributed by atoms with van der Waals surface area (Å²) in [6, 6.07) is 69.5. The molecule has 4 nitrogen and oxygen atoms in total. The van der Waals surface area contributed by atoms with Gasteiger partial charge in [-0.05, 0) is 90.5 Å². The van der Waals surface area contributed by atoms with Gasteiger partial charge < -0.3 is 5.32 Å². The number of fused-ring (bicyclic) bond motifs is 7. The molecule has 1 atom stereocenters. The number of nitrogens with zero attached hydrogens (tertiary/aromatic N) is 3. The zero-order valence-electron chi connectivity index (χ0n) is 29.9. The Morgan fingerprint density at radius 2 is 1.05 bits per heavy atom. The van der Waals surface area contributed by atoms with Gasteiger partial charge in [0, 0.05) is 16.3 Å². The van der Waals surface area contributed by atoms with Crippen LogP contribution in [-0.2, 0) is 0 Å². The van der Waals surface area contributed by atoms with Crippen molar-refractivity contribution in [2.24, 2.45) is 9.98 Å². The molecule has 258 valence electrons.